The second-order valence-corrected chi connectivity index (χ2v) is 12.1. The van der Waals surface area contributed by atoms with Crippen molar-refractivity contribution >= 4 is 8.32 Å². The van der Waals surface area contributed by atoms with E-state index in [1.165, 1.54) is 83.5 Å². The second-order valence-electron chi connectivity index (χ2n) is 8.06. The Labute approximate surface area is 147 Å². The molecule has 0 aliphatic heterocycles. The summed E-state index contributed by atoms with van der Waals surface area (Å²) in [6, 6.07) is 0.630. The van der Waals surface area contributed by atoms with E-state index >= 15 is 0 Å². The number of aliphatic hydroxyl groups excluding tert-OH is 1. The molecule has 0 aromatic carbocycles. The number of rotatable bonds is 17. The third kappa shape index (κ3) is 20.1. The van der Waals surface area contributed by atoms with Crippen molar-refractivity contribution in [2.45, 2.75) is 128 Å². The highest BCUT2D eigenvalue weighted by Crippen LogP contribution is 2.16. The SMILES string of the molecule is CCCCCCCCCCCCCCCCC(O)C[Si](C)(C)O. The van der Waals surface area contributed by atoms with E-state index in [1.54, 1.807) is 0 Å². The lowest BCUT2D eigenvalue weighted by Gasteiger charge is -2.18. The van der Waals surface area contributed by atoms with Gasteiger partial charge in [0.25, 0.3) is 0 Å². The maximum Gasteiger partial charge on any atom is 0.185 e. The largest absolute Gasteiger partial charge is 0.432 e. The minimum Gasteiger partial charge on any atom is -0.432 e. The standard InChI is InChI=1S/C20H44O2Si/c1-4-5-6-7-8-9-10-11-12-13-14-15-16-17-18-20(21)19-23(2,3)22/h20-22H,4-19H2,1-3H3. The Hall–Kier alpha value is 0.137. The van der Waals surface area contributed by atoms with Crippen LogP contribution in [0.2, 0.25) is 19.1 Å². The summed E-state index contributed by atoms with van der Waals surface area (Å²) >= 11 is 0. The minimum atomic E-state index is -2.08. The van der Waals surface area contributed by atoms with Crippen molar-refractivity contribution in [3.8, 4) is 0 Å². The first-order valence-corrected chi connectivity index (χ1v) is 13.5. The van der Waals surface area contributed by atoms with Gasteiger partial charge in [0.05, 0.1) is 6.10 Å². The van der Waals surface area contributed by atoms with Crippen LogP contribution in [-0.2, 0) is 0 Å². The van der Waals surface area contributed by atoms with Crippen molar-refractivity contribution in [2.75, 3.05) is 0 Å². The lowest BCUT2D eigenvalue weighted by Crippen LogP contribution is -2.30. The van der Waals surface area contributed by atoms with Crippen LogP contribution in [0.15, 0.2) is 0 Å². The highest BCUT2D eigenvalue weighted by atomic mass is 28.4. The molecule has 0 heterocycles. The van der Waals surface area contributed by atoms with Gasteiger partial charge in [-0.2, -0.15) is 0 Å². The first-order valence-electron chi connectivity index (χ1n) is 10.4. The molecule has 140 valence electrons. The van der Waals surface area contributed by atoms with Gasteiger partial charge in [0, 0.05) is 0 Å². The molecule has 0 aliphatic carbocycles. The molecule has 2 N–H and O–H groups in total. The van der Waals surface area contributed by atoms with Crippen molar-refractivity contribution in [3.05, 3.63) is 0 Å². The fraction of sp³-hybridized carbons (Fsp3) is 1.00. The van der Waals surface area contributed by atoms with Crippen LogP contribution in [0.1, 0.15) is 103 Å². The maximum atomic E-state index is 9.85. The smallest absolute Gasteiger partial charge is 0.185 e. The van der Waals surface area contributed by atoms with Crippen LogP contribution in [-0.4, -0.2) is 24.3 Å². The lowest BCUT2D eigenvalue weighted by atomic mass is 10.0. The summed E-state index contributed by atoms with van der Waals surface area (Å²) in [5, 5.41) is 9.85. The van der Waals surface area contributed by atoms with Crippen LogP contribution in [0.3, 0.4) is 0 Å². The van der Waals surface area contributed by atoms with Gasteiger partial charge in [-0.25, -0.2) is 0 Å². The van der Waals surface area contributed by atoms with E-state index in [0.29, 0.717) is 6.04 Å². The third-order valence-electron chi connectivity index (χ3n) is 4.63. The average molecular weight is 345 g/mol. The average Bonchev–Trinajstić information content (AvgIpc) is 2.46. The van der Waals surface area contributed by atoms with Crippen molar-refractivity contribution in [1.29, 1.82) is 0 Å². The Morgan fingerprint density at radius 2 is 1.00 bits per heavy atom. The molecule has 1 unspecified atom stereocenters. The van der Waals surface area contributed by atoms with Crippen LogP contribution >= 0.6 is 0 Å². The molecule has 0 bridgehead atoms. The topological polar surface area (TPSA) is 40.5 Å². The summed E-state index contributed by atoms with van der Waals surface area (Å²) in [5.41, 5.74) is 0. The van der Waals surface area contributed by atoms with Gasteiger partial charge in [0.1, 0.15) is 0 Å². The monoisotopic (exact) mass is 344 g/mol. The van der Waals surface area contributed by atoms with Gasteiger partial charge in [0.2, 0.25) is 0 Å². The number of hydrogen-bond acceptors (Lipinski definition) is 2. The molecule has 0 aliphatic rings. The molecular formula is C20H44O2Si. The Balaban J connectivity index is 3.13. The molecule has 0 saturated heterocycles. The summed E-state index contributed by atoms with van der Waals surface area (Å²) in [6.07, 6.45) is 19.8. The van der Waals surface area contributed by atoms with E-state index in [0.717, 1.165) is 12.8 Å². The van der Waals surface area contributed by atoms with E-state index in [2.05, 4.69) is 6.92 Å². The zero-order valence-electron chi connectivity index (χ0n) is 16.3. The van der Waals surface area contributed by atoms with E-state index in [1.807, 2.05) is 13.1 Å². The quantitative estimate of drug-likeness (QED) is 0.236. The predicted octanol–water partition coefficient (Wildman–Crippen LogP) is 6.42. The summed E-state index contributed by atoms with van der Waals surface area (Å²) in [5.74, 6) is 0. The van der Waals surface area contributed by atoms with Crippen LogP contribution in [0, 0.1) is 0 Å². The molecule has 2 nitrogen and oxygen atoms in total. The number of hydrogen-bond donors (Lipinski definition) is 2. The molecule has 0 rings (SSSR count). The normalized spacial score (nSPS) is 13.4. The van der Waals surface area contributed by atoms with Gasteiger partial charge >= 0.3 is 0 Å². The molecule has 0 spiro atoms. The zero-order chi connectivity index (χ0) is 17.4. The molecule has 0 amide bonds. The van der Waals surface area contributed by atoms with Crippen molar-refractivity contribution < 1.29 is 9.90 Å². The zero-order valence-corrected chi connectivity index (χ0v) is 17.3. The maximum absolute atomic E-state index is 9.85. The summed E-state index contributed by atoms with van der Waals surface area (Å²) in [6.45, 7) is 6.09. The first kappa shape index (κ1) is 23.1. The Kier molecular flexibility index (Phi) is 15.7. The molecule has 0 aromatic rings. The number of unbranched alkanes of at least 4 members (excludes halogenated alkanes) is 13. The molecule has 0 fully saturated rings. The molecule has 0 radical (unpaired) electrons. The van der Waals surface area contributed by atoms with Crippen LogP contribution in [0.5, 0.6) is 0 Å². The van der Waals surface area contributed by atoms with E-state index in [4.69, 9.17) is 0 Å². The fourth-order valence-corrected chi connectivity index (χ4v) is 4.61. The molecule has 23 heavy (non-hydrogen) atoms. The minimum absolute atomic E-state index is 0.279. The first-order chi connectivity index (χ1) is 11.0. The Morgan fingerprint density at radius 1 is 0.652 bits per heavy atom. The molecule has 3 heteroatoms. The van der Waals surface area contributed by atoms with E-state index < -0.39 is 8.32 Å². The van der Waals surface area contributed by atoms with Gasteiger partial charge in [-0.1, -0.05) is 96.8 Å². The van der Waals surface area contributed by atoms with Crippen LogP contribution in [0.25, 0.3) is 0 Å². The summed E-state index contributed by atoms with van der Waals surface area (Å²) in [4.78, 5) is 9.78. The van der Waals surface area contributed by atoms with Crippen molar-refractivity contribution in [3.63, 3.8) is 0 Å². The molecule has 0 aromatic heterocycles. The van der Waals surface area contributed by atoms with Crippen molar-refractivity contribution in [1.82, 2.24) is 0 Å². The van der Waals surface area contributed by atoms with Crippen molar-refractivity contribution in [2.24, 2.45) is 0 Å². The summed E-state index contributed by atoms with van der Waals surface area (Å²) < 4.78 is 0. The van der Waals surface area contributed by atoms with Gasteiger partial charge in [-0.15, -0.1) is 0 Å². The molecule has 1 atom stereocenters. The van der Waals surface area contributed by atoms with Crippen LogP contribution in [0.4, 0.5) is 0 Å². The second kappa shape index (κ2) is 15.7. The lowest BCUT2D eigenvalue weighted by molar-refractivity contribution is 0.175. The van der Waals surface area contributed by atoms with Crippen LogP contribution < -0.4 is 0 Å². The summed E-state index contributed by atoms with van der Waals surface area (Å²) in [7, 11) is -2.08. The third-order valence-corrected chi connectivity index (χ3v) is 6.10. The fourth-order valence-electron chi connectivity index (χ4n) is 3.25. The Morgan fingerprint density at radius 3 is 1.35 bits per heavy atom. The van der Waals surface area contributed by atoms with Gasteiger partial charge in [-0.05, 0) is 25.6 Å². The predicted molar refractivity (Wildman–Crippen MR) is 105 cm³/mol. The highest BCUT2D eigenvalue weighted by molar-refractivity contribution is 6.69. The van der Waals surface area contributed by atoms with Gasteiger partial charge in [-0.3, -0.25) is 0 Å². The van der Waals surface area contributed by atoms with E-state index in [-0.39, 0.29) is 6.10 Å². The number of aliphatic hydroxyl groups is 1. The van der Waals surface area contributed by atoms with Gasteiger partial charge < -0.3 is 9.90 Å². The molecular weight excluding hydrogens is 300 g/mol. The highest BCUT2D eigenvalue weighted by Gasteiger charge is 2.21. The van der Waals surface area contributed by atoms with E-state index in [9.17, 15) is 9.90 Å². The van der Waals surface area contributed by atoms with Gasteiger partial charge in [0.15, 0.2) is 8.32 Å². The Bertz CT molecular complexity index is 238. The molecule has 0 saturated carbocycles.